The van der Waals surface area contributed by atoms with E-state index in [0.717, 1.165) is 34.6 Å². The van der Waals surface area contributed by atoms with Gasteiger partial charge in [-0.3, -0.25) is 4.90 Å². The minimum Gasteiger partial charge on any atom is -0.476 e. The van der Waals surface area contributed by atoms with E-state index in [1.807, 2.05) is 48.5 Å². The number of anilines is 1. The first-order valence-electron chi connectivity index (χ1n) is 9.49. The number of aromatic carboxylic acids is 1. The molecule has 1 heterocycles. The maximum Gasteiger partial charge on any atom is 0.415 e. The molecular formula is C22H16F3N3O4. The van der Waals surface area contributed by atoms with Crippen molar-refractivity contribution < 1.29 is 32.6 Å². The summed E-state index contributed by atoms with van der Waals surface area (Å²) in [7, 11) is 0. The minimum atomic E-state index is -4.74. The van der Waals surface area contributed by atoms with Crippen LogP contribution in [0.2, 0.25) is 0 Å². The molecule has 0 aliphatic heterocycles. The van der Waals surface area contributed by atoms with Gasteiger partial charge in [-0.1, -0.05) is 48.5 Å². The maximum absolute atomic E-state index is 13.1. The SMILES string of the molecule is O=C(O)c1cnc(N(CC(F)(F)F)C(=O)OCC2c3ccccc3-c3ccccc32)cn1. The average Bonchev–Trinajstić information content (AvgIpc) is 3.09. The quantitative estimate of drug-likeness (QED) is 0.625. The van der Waals surface area contributed by atoms with Crippen molar-refractivity contribution in [3.8, 4) is 11.1 Å². The molecule has 1 N–H and O–H groups in total. The van der Waals surface area contributed by atoms with Gasteiger partial charge in [-0.15, -0.1) is 0 Å². The molecule has 1 aliphatic rings. The second kappa shape index (κ2) is 8.29. The highest BCUT2D eigenvalue weighted by Crippen LogP contribution is 2.44. The summed E-state index contributed by atoms with van der Waals surface area (Å²) in [4.78, 5) is 31.0. The number of fused-ring (bicyclic) bond motifs is 3. The third kappa shape index (κ3) is 4.25. The largest absolute Gasteiger partial charge is 0.476 e. The lowest BCUT2D eigenvalue weighted by Crippen LogP contribution is -2.40. The number of alkyl halides is 3. The highest BCUT2D eigenvalue weighted by Gasteiger charge is 2.36. The number of aromatic nitrogens is 2. The van der Waals surface area contributed by atoms with Gasteiger partial charge < -0.3 is 9.84 Å². The summed E-state index contributed by atoms with van der Waals surface area (Å²) in [6.07, 6.45) is -4.44. The summed E-state index contributed by atoms with van der Waals surface area (Å²) in [5.41, 5.74) is 3.31. The van der Waals surface area contributed by atoms with Crippen LogP contribution in [0.4, 0.5) is 23.8 Å². The number of halogens is 3. The Morgan fingerprint density at radius 2 is 1.56 bits per heavy atom. The number of carbonyl (C=O) groups excluding carboxylic acids is 1. The standard InChI is InChI=1S/C22H16F3N3O4/c23-22(24,25)12-28(19-10-26-18(9-27-19)20(29)30)21(31)32-11-17-15-7-3-1-5-13(15)14-6-2-4-8-16(14)17/h1-10,17H,11-12H2,(H,29,30). The predicted octanol–water partition coefficient (Wildman–Crippen LogP) is 4.49. The van der Waals surface area contributed by atoms with Crippen molar-refractivity contribution in [3.63, 3.8) is 0 Å². The second-order valence-electron chi connectivity index (χ2n) is 7.07. The van der Waals surface area contributed by atoms with E-state index in [4.69, 9.17) is 9.84 Å². The number of ether oxygens (including phenoxy) is 1. The molecule has 0 saturated carbocycles. The summed E-state index contributed by atoms with van der Waals surface area (Å²) in [5.74, 6) is -2.20. The lowest BCUT2D eigenvalue weighted by atomic mass is 9.98. The Hall–Kier alpha value is -3.95. The number of amides is 1. The molecule has 4 rings (SSSR count). The molecule has 1 aliphatic carbocycles. The molecule has 7 nitrogen and oxygen atoms in total. The zero-order valence-corrected chi connectivity index (χ0v) is 16.4. The van der Waals surface area contributed by atoms with E-state index < -0.39 is 36.3 Å². The molecule has 0 fully saturated rings. The van der Waals surface area contributed by atoms with Gasteiger partial charge in [-0.05, 0) is 22.3 Å². The fraction of sp³-hybridized carbons (Fsp3) is 0.182. The van der Waals surface area contributed by atoms with Crippen LogP contribution in [0.1, 0.15) is 27.5 Å². The number of carbonyl (C=O) groups is 2. The monoisotopic (exact) mass is 443 g/mol. The zero-order chi connectivity index (χ0) is 22.9. The molecule has 0 spiro atoms. The Morgan fingerprint density at radius 1 is 0.969 bits per heavy atom. The molecule has 0 radical (unpaired) electrons. The van der Waals surface area contributed by atoms with Gasteiger partial charge in [0, 0.05) is 5.92 Å². The van der Waals surface area contributed by atoms with Gasteiger partial charge in [0.2, 0.25) is 0 Å². The smallest absolute Gasteiger partial charge is 0.415 e. The van der Waals surface area contributed by atoms with Crippen molar-refractivity contribution >= 4 is 17.9 Å². The first-order valence-corrected chi connectivity index (χ1v) is 9.49. The van der Waals surface area contributed by atoms with E-state index in [2.05, 4.69) is 9.97 Å². The molecule has 1 aromatic heterocycles. The number of carboxylic acids is 1. The molecule has 0 atom stereocenters. The van der Waals surface area contributed by atoms with E-state index in [1.54, 1.807) is 0 Å². The zero-order valence-electron chi connectivity index (χ0n) is 16.4. The summed E-state index contributed by atoms with van der Waals surface area (Å²) in [6, 6.07) is 15.1. The van der Waals surface area contributed by atoms with Crippen molar-refractivity contribution in [2.45, 2.75) is 12.1 Å². The van der Waals surface area contributed by atoms with Crippen molar-refractivity contribution in [3.05, 3.63) is 77.7 Å². The first-order chi connectivity index (χ1) is 15.2. The number of rotatable bonds is 5. The molecule has 3 aromatic rings. The topological polar surface area (TPSA) is 92.6 Å². The lowest BCUT2D eigenvalue weighted by Gasteiger charge is -2.23. The number of nitrogens with zero attached hydrogens (tertiary/aromatic N) is 3. The number of carboxylic acid groups (broad SMARTS) is 1. The Labute approximate surface area is 180 Å². The van der Waals surface area contributed by atoms with Crippen LogP contribution in [0.15, 0.2) is 60.9 Å². The molecule has 0 saturated heterocycles. The number of benzene rings is 2. The molecule has 0 bridgehead atoms. The van der Waals surface area contributed by atoms with E-state index in [9.17, 15) is 22.8 Å². The van der Waals surface area contributed by atoms with E-state index in [0.29, 0.717) is 0 Å². The molecule has 1 amide bonds. The van der Waals surface area contributed by atoms with Crippen LogP contribution in [0.25, 0.3) is 11.1 Å². The van der Waals surface area contributed by atoms with Crippen LogP contribution in [0.5, 0.6) is 0 Å². The lowest BCUT2D eigenvalue weighted by molar-refractivity contribution is -0.119. The number of hydrogen-bond acceptors (Lipinski definition) is 5. The van der Waals surface area contributed by atoms with Crippen LogP contribution in [-0.4, -0.2) is 46.5 Å². The Kier molecular flexibility index (Phi) is 5.52. The van der Waals surface area contributed by atoms with Gasteiger partial charge >= 0.3 is 18.2 Å². The van der Waals surface area contributed by atoms with Crippen molar-refractivity contribution in [1.29, 1.82) is 0 Å². The third-order valence-corrected chi connectivity index (χ3v) is 5.03. The highest BCUT2D eigenvalue weighted by molar-refractivity contribution is 5.88. The van der Waals surface area contributed by atoms with Gasteiger partial charge in [0.05, 0.1) is 12.4 Å². The first kappa shape index (κ1) is 21.3. The van der Waals surface area contributed by atoms with Crippen LogP contribution >= 0.6 is 0 Å². The normalized spacial score (nSPS) is 12.7. The average molecular weight is 443 g/mol. The summed E-state index contributed by atoms with van der Waals surface area (Å²) < 4.78 is 44.6. The van der Waals surface area contributed by atoms with Crippen LogP contribution < -0.4 is 4.90 Å². The van der Waals surface area contributed by atoms with Crippen LogP contribution in [0.3, 0.4) is 0 Å². The van der Waals surface area contributed by atoms with Gasteiger partial charge in [-0.2, -0.15) is 13.2 Å². The van der Waals surface area contributed by atoms with Crippen LogP contribution in [-0.2, 0) is 4.74 Å². The Morgan fingerprint density at radius 3 is 2.06 bits per heavy atom. The Balaban J connectivity index is 1.57. The van der Waals surface area contributed by atoms with Gasteiger partial charge in [0.25, 0.3) is 0 Å². The molecule has 32 heavy (non-hydrogen) atoms. The molecule has 10 heteroatoms. The van der Waals surface area contributed by atoms with Gasteiger partial charge in [-0.25, -0.2) is 19.6 Å². The van der Waals surface area contributed by atoms with E-state index in [1.165, 1.54) is 0 Å². The van der Waals surface area contributed by atoms with E-state index in [-0.39, 0.29) is 17.4 Å². The van der Waals surface area contributed by atoms with Crippen molar-refractivity contribution in [1.82, 2.24) is 9.97 Å². The summed E-state index contributed by atoms with van der Waals surface area (Å²) in [6.45, 7) is -1.84. The third-order valence-electron chi connectivity index (χ3n) is 5.03. The van der Waals surface area contributed by atoms with Gasteiger partial charge in [0.15, 0.2) is 11.5 Å². The Bertz CT molecular complexity index is 1120. The van der Waals surface area contributed by atoms with Crippen molar-refractivity contribution in [2.24, 2.45) is 0 Å². The molecule has 164 valence electrons. The summed E-state index contributed by atoms with van der Waals surface area (Å²) in [5, 5.41) is 8.89. The second-order valence-corrected chi connectivity index (χ2v) is 7.07. The molecule has 2 aromatic carbocycles. The number of hydrogen-bond donors (Lipinski definition) is 1. The van der Waals surface area contributed by atoms with Gasteiger partial charge in [0.1, 0.15) is 13.2 Å². The minimum absolute atomic E-state index is 0.179. The molecular weight excluding hydrogens is 427 g/mol. The highest BCUT2D eigenvalue weighted by atomic mass is 19.4. The summed E-state index contributed by atoms with van der Waals surface area (Å²) >= 11 is 0. The van der Waals surface area contributed by atoms with Crippen molar-refractivity contribution in [2.75, 3.05) is 18.1 Å². The van der Waals surface area contributed by atoms with Crippen LogP contribution in [0, 0.1) is 0 Å². The fourth-order valence-electron chi connectivity index (χ4n) is 3.66. The fourth-order valence-corrected chi connectivity index (χ4v) is 3.66. The predicted molar refractivity (Wildman–Crippen MR) is 107 cm³/mol. The molecule has 0 unspecified atom stereocenters. The van der Waals surface area contributed by atoms with E-state index >= 15 is 0 Å². The maximum atomic E-state index is 13.1.